The number of carbonyl (C=O) groups is 1. The number of sulfonamides is 1. The van der Waals surface area contributed by atoms with Gasteiger partial charge in [0.15, 0.2) is 0 Å². The van der Waals surface area contributed by atoms with Crippen LogP contribution in [0.2, 0.25) is 0 Å². The molecule has 0 saturated carbocycles. The first-order valence-corrected chi connectivity index (χ1v) is 9.29. The Bertz CT molecular complexity index is 538. The minimum absolute atomic E-state index is 0.0323. The summed E-state index contributed by atoms with van der Waals surface area (Å²) in [6.07, 6.45) is 2.64. The van der Waals surface area contributed by atoms with Crippen LogP contribution in [0.5, 0.6) is 0 Å². The monoisotopic (exact) mass is 323 g/mol. The second kappa shape index (κ2) is 6.74. The number of carboxylic acids is 1. The number of aromatic carboxylic acids is 1. The summed E-state index contributed by atoms with van der Waals surface area (Å²) in [6.45, 7) is 1.93. The Morgan fingerprint density at radius 3 is 2.58 bits per heavy atom. The van der Waals surface area contributed by atoms with Gasteiger partial charge in [0.2, 0.25) is 0 Å². The molecule has 0 saturated heterocycles. The van der Waals surface area contributed by atoms with Crippen LogP contribution in [0.3, 0.4) is 0 Å². The van der Waals surface area contributed by atoms with Crippen LogP contribution >= 0.6 is 23.1 Å². The zero-order valence-corrected chi connectivity index (χ0v) is 13.4. The van der Waals surface area contributed by atoms with Gasteiger partial charge in [-0.2, -0.15) is 16.1 Å². The predicted octanol–water partition coefficient (Wildman–Crippen LogP) is 2.21. The highest BCUT2D eigenvalue weighted by Gasteiger charge is 2.28. The van der Waals surface area contributed by atoms with Crippen molar-refractivity contribution in [3.05, 3.63) is 17.0 Å². The normalized spacial score (nSPS) is 13.7. The first-order valence-electron chi connectivity index (χ1n) is 5.64. The summed E-state index contributed by atoms with van der Waals surface area (Å²) >= 11 is 2.37. The lowest BCUT2D eigenvalue weighted by Gasteiger charge is -2.25. The van der Waals surface area contributed by atoms with E-state index >= 15 is 0 Å². The van der Waals surface area contributed by atoms with Gasteiger partial charge in [-0.15, -0.1) is 11.3 Å². The molecule has 0 aliphatic heterocycles. The molecule has 8 heteroatoms. The van der Waals surface area contributed by atoms with Gasteiger partial charge >= 0.3 is 5.97 Å². The predicted molar refractivity (Wildman–Crippen MR) is 78.7 cm³/mol. The Kier molecular flexibility index (Phi) is 5.84. The van der Waals surface area contributed by atoms with Gasteiger partial charge in [0.25, 0.3) is 10.0 Å². The Labute approximate surface area is 121 Å². The standard InChI is InChI=1S/C11H17NO4S3/c1-4-8(7-17-3)12(2)19(15,16)10-6-5-9(18-10)11(13)14/h5-6,8H,4,7H2,1-3H3,(H,13,14). The Morgan fingerprint density at radius 2 is 2.16 bits per heavy atom. The van der Waals surface area contributed by atoms with Crippen LogP contribution in [0.15, 0.2) is 16.3 Å². The highest BCUT2D eigenvalue weighted by Crippen LogP contribution is 2.26. The first-order chi connectivity index (χ1) is 8.84. The molecular weight excluding hydrogens is 306 g/mol. The second-order valence-electron chi connectivity index (χ2n) is 3.96. The molecule has 0 bridgehead atoms. The van der Waals surface area contributed by atoms with Crippen LogP contribution in [-0.4, -0.2) is 48.9 Å². The van der Waals surface area contributed by atoms with Crippen molar-refractivity contribution in [2.75, 3.05) is 19.1 Å². The van der Waals surface area contributed by atoms with Gasteiger partial charge in [0.1, 0.15) is 9.09 Å². The largest absolute Gasteiger partial charge is 0.477 e. The maximum atomic E-state index is 12.4. The minimum atomic E-state index is -3.61. The van der Waals surface area contributed by atoms with E-state index in [2.05, 4.69) is 0 Å². The lowest BCUT2D eigenvalue weighted by Crippen LogP contribution is -2.37. The molecule has 1 rings (SSSR count). The lowest BCUT2D eigenvalue weighted by atomic mass is 10.3. The average Bonchev–Trinajstić information content (AvgIpc) is 2.85. The number of hydrogen-bond acceptors (Lipinski definition) is 5. The summed E-state index contributed by atoms with van der Waals surface area (Å²) in [5.41, 5.74) is 0. The van der Waals surface area contributed by atoms with Crippen molar-refractivity contribution >= 4 is 39.1 Å². The molecular formula is C11H17NO4S3. The van der Waals surface area contributed by atoms with Gasteiger partial charge in [-0.3, -0.25) is 0 Å². The first kappa shape index (κ1) is 16.5. The molecule has 1 atom stereocenters. The zero-order chi connectivity index (χ0) is 14.6. The molecule has 0 aliphatic rings. The number of thioether (sulfide) groups is 1. The van der Waals surface area contributed by atoms with Crippen molar-refractivity contribution in [3.63, 3.8) is 0 Å². The van der Waals surface area contributed by atoms with Crippen LogP contribution in [0.1, 0.15) is 23.0 Å². The number of thiophene rings is 1. The van der Waals surface area contributed by atoms with E-state index in [-0.39, 0.29) is 15.1 Å². The van der Waals surface area contributed by atoms with Crippen LogP contribution in [0.25, 0.3) is 0 Å². The maximum absolute atomic E-state index is 12.4. The molecule has 0 fully saturated rings. The molecule has 0 aromatic carbocycles. The molecule has 1 aromatic heterocycles. The third-order valence-corrected chi connectivity index (χ3v) is 6.94. The number of nitrogens with zero attached hydrogens (tertiary/aromatic N) is 1. The van der Waals surface area contributed by atoms with Crippen molar-refractivity contribution in [1.82, 2.24) is 4.31 Å². The summed E-state index contributed by atoms with van der Waals surface area (Å²) in [6, 6.07) is 2.59. The summed E-state index contributed by atoms with van der Waals surface area (Å²) < 4.78 is 26.2. The SMILES string of the molecule is CCC(CSC)N(C)S(=O)(=O)c1ccc(C(=O)O)s1. The fourth-order valence-electron chi connectivity index (χ4n) is 1.58. The zero-order valence-electron chi connectivity index (χ0n) is 11.0. The molecule has 108 valence electrons. The topological polar surface area (TPSA) is 74.7 Å². The molecule has 1 unspecified atom stereocenters. The van der Waals surface area contributed by atoms with Gasteiger partial charge in [-0.1, -0.05) is 6.92 Å². The summed E-state index contributed by atoms with van der Waals surface area (Å²) in [7, 11) is -2.07. The highest BCUT2D eigenvalue weighted by molar-refractivity contribution is 7.98. The van der Waals surface area contributed by atoms with Gasteiger partial charge in [0.05, 0.1) is 0 Å². The van der Waals surface area contributed by atoms with Gasteiger partial charge < -0.3 is 5.11 Å². The third-order valence-electron chi connectivity index (χ3n) is 2.77. The minimum Gasteiger partial charge on any atom is -0.477 e. The molecule has 19 heavy (non-hydrogen) atoms. The number of hydrogen-bond donors (Lipinski definition) is 1. The fourth-order valence-corrected chi connectivity index (χ4v) is 5.28. The molecule has 0 amide bonds. The quantitative estimate of drug-likeness (QED) is 0.832. The third kappa shape index (κ3) is 3.71. The Balaban J connectivity index is 3.04. The van der Waals surface area contributed by atoms with E-state index in [0.717, 1.165) is 11.3 Å². The van der Waals surface area contributed by atoms with E-state index in [0.29, 0.717) is 12.2 Å². The highest BCUT2D eigenvalue weighted by atomic mass is 32.2. The van der Waals surface area contributed by atoms with E-state index in [1.165, 1.54) is 16.4 Å². The molecule has 1 aromatic rings. The van der Waals surface area contributed by atoms with Crippen LogP contribution < -0.4 is 0 Å². The smallest absolute Gasteiger partial charge is 0.345 e. The molecule has 0 aliphatic carbocycles. The van der Waals surface area contributed by atoms with Gasteiger partial charge in [-0.25, -0.2) is 13.2 Å². The van der Waals surface area contributed by atoms with Crippen molar-refractivity contribution in [3.8, 4) is 0 Å². The summed E-state index contributed by atoms with van der Waals surface area (Å²) in [5, 5.41) is 8.84. The van der Waals surface area contributed by atoms with Crippen LogP contribution in [0, 0.1) is 0 Å². The van der Waals surface area contributed by atoms with Crippen LogP contribution in [0.4, 0.5) is 0 Å². The van der Waals surface area contributed by atoms with Gasteiger partial charge in [0, 0.05) is 18.8 Å². The average molecular weight is 323 g/mol. The lowest BCUT2D eigenvalue weighted by molar-refractivity contribution is 0.0702. The Morgan fingerprint density at radius 1 is 1.53 bits per heavy atom. The summed E-state index contributed by atoms with van der Waals surface area (Å²) in [4.78, 5) is 10.8. The number of rotatable bonds is 7. The van der Waals surface area contributed by atoms with E-state index < -0.39 is 16.0 Å². The van der Waals surface area contributed by atoms with E-state index in [1.54, 1.807) is 18.8 Å². The van der Waals surface area contributed by atoms with E-state index in [9.17, 15) is 13.2 Å². The molecule has 1 N–H and O–H groups in total. The molecule has 1 heterocycles. The molecule has 0 spiro atoms. The number of carboxylic acid groups (broad SMARTS) is 1. The summed E-state index contributed by atoms with van der Waals surface area (Å²) in [5.74, 6) is -0.395. The van der Waals surface area contributed by atoms with Gasteiger partial charge in [-0.05, 0) is 24.8 Å². The van der Waals surface area contributed by atoms with Crippen LogP contribution in [-0.2, 0) is 10.0 Å². The van der Waals surface area contributed by atoms with Crippen molar-refractivity contribution < 1.29 is 18.3 Å². The fraction of sp³-hybridized carbons (Fsp3) is 0.545. The van der Waals surface area contributed by atoms with Crippen molar-refractivity contribution in [2.24, 2.45) is 0 Å². The second-order valence-corrected chi connectivity index (χ2v) is 8.18. The van der Waals surface area contributed by atoms with Crippen molar-refractivity contribution in [1.29, 1.82) is 0 Å². The maximum Gasteiger partial charge on any atom is 0.345 e. The van der Waals surface area contributed by atoms with Crippen molar-refractivity contribution in [2.45, 2.75) is 23.6 Å². The molecule has 0 radical (unpaired) electrons. The van der Waals surface area contributed by atoms with E-state index in [4.69, 9.17) is 5.11 Å². The Hall–Kier alpha value is -0.570. The molecule has 5 nitrogen and oxygen atoms in total. The van der Waals surface area contributed by atoms with E-state index in [1.807, 2.05) is 13.2 Å².